The molecule has 3 aliphatic rings. The molecule has 1 heterocycles. The van der Waals surface area contributed by atoms with Crippen molar-refractivity contribution < 1.29 is 4.79 Å². The number of carbonyl (C=O) groups is 1. The molecule has 2 atom stereocenters. The number of hydrogen-bond acceptors (Lipinski definition) is 3. The van der Waals surface area contributed by atoms with Gasteiger partial charge in [-0.3, -0.25) is 4.79 Å². The van der Waals surface area contributed by atoms with Gasteiger partial charge in [-0.05, 0) is 81.0 Å². The zero-order valence-corrected chi connectivity index (χ0v) is 17.6. The van der Waals surface area contributed by atoms with E-state index in [0.717, 1.165) is 31.5 Å². The van der Waals surface area contributed by atoms with Crippen LogP contribution in [0.4, 0.5) is 5.69 Å². The highest BCUT2D eigenvalue weighted by Crippen LogP contribution is 2.39. The Morgan fingerprint density at radius 1 is 0.926 bits per heavy atom. The van der Waals surface area contributed by atoms with E-state index >= 15 is 0 Å². The van der Waals surface area contributed by atoms with Crippen LogP contribution in [0.25, 0.3) is 0 Å². The number of rotatable bonds is 3. The zero-order chi connectivity index (χ0) is 17.2. The highest BCUT2D eigenvalue weighted by molar-refractivity contribution is 5.94. The van der Waals surface area contributed by atoms with Crippen LogP contribution in [0.3, 0.4) is 0 Å². The van der Waals surface area contributed by atoms with Crippen molar-refractivity contribution in [3.8, 4) is 0 Å². The van der Waals surface area contributed by atoms with Crippen LogP contribution in [0.15, 0.2) is 24.3 Å². The Kier molecular flexibility index (Phi) is 8.26. The van der Waals surface area contributed by atoms with Crippen LogP contribution in [0.5, 0.6) is 0 Å². The standard InChI is InChI=1S/C21H31N3O.2ClH/c22-18-13-16-5-4-6-17(14-18)20(16)23-21(25)15-7-9-19(10-8-15)24-11-2-1-3-12-24;;/h7-10,16-18,20H,1-6,11-14,22H2,(H,23,25);2*1H. The summed E-state index contributed by atoms with van der Waals surface area (Å²) in [7, 11) is 0. The lowest BCUT2D eigenvalue weighted by Gasteiger charge is -2.45. The normalized spacial score (nSPS) is 29.9. The molecule has 2 unspecified atom stereocenters. The molecule has 4 rings (SSSR count). The van der Waals surface area contributed by atoms with E-state index in [0.29, 0.717) is 23.9 Å². The van der Waals surface area contributed by atoms with E-state index in [1.807, 2.05) is 12.1 Å². The number of piperidine rings is 1. The molecule has 1 amide bonds. The van der Waals surface area contributed by atoms with Crippen molar-refractivity contribution in [3.05, 3.63) is 29.8 Å². The molecule has 1 aromatic carbocycles. The lowest BCUT2D eigenvalue weighted by atomic mass is 9.67. The first-order valence-corrected chi connectivity index (χ1v) is 10.1. The van der Waals surface area contributed by atoms with E-state index in [4.69, 9.17) is 5.73 Å². The van der Waals surface area contributed by atoms with Gasteiger partial charge in [0.25, 0.3) is 5.91 Å². The first-order valence-electron chi connectivity index (χ1n) is 10.1. The van der Waals surface area contributed by atoms with E-state index in [1.165, 1.54) is 44.2 Å². The molecule has 6 heteroatoms. The fourth-order valence-corrected chi connectivity index (χ4v) is 5.24. The van der Waals surface area contributed by atoms with Crippen LogP contribution >= 0.6 is 24.8 Å². The molecule has 3 N–H and O–H groups in total. The quantitative estimate of drug-likeness (QED) is 0.781. The number of nitrogens with two attached hydrogens (primary N) is 1. The Balaban J connectivity index is 0.00000131. The van der Waals surface area contributed by atoms with Crippen LogP contribution < -0.4 is 16.0 Å². The monoisotopic (exact) mass is 413 g/mol. The Morgan fingerprint density at radius 3 is 2.11 bits per heavy atom. The predicted octanol–water partition coefficient (Wildman–Crippen LogP) is 4.16. The molecule has 1 aromatic rings. The van der Waals surface area contributed by atoms with E-state index < -0.39 is 0 Å². The Bertz CT molecular complexity index is 590. The fourth-order valence-electron chi connectivity index (χ4n) is 5.24. The van der Waals surface area contributed by atoms with Crippen LogP contribution in [-0.2, 0) is 0 Å². The first kappa shape index (κ1) is 22.3. The van der Waals surface area contributed by atoms with Gasteiger partial charge in [-0.2, -0.15) is 0 Å². The first-order chi connectivity index (χ1) is 12.2. The summed E-state index contributed by atoms with van der Waals surface area (Å²) in [5.41, 5.74) is 8.23. The second-order valence-corrected chi connectivity index (χ2v) is 8.28. The van der Waals surface area contributed by atoms with Crippen molar-refractivity contribution in [2.45, 2.75) is 63.5 Å². The van der Waals surface area contributed by atoms with Gasteiger partial charge in [0.2, 0.25) is 0 Å². The maximum atomic E-state index is 12.8. The van der Waals surface area contributed by atoms with Crippen molar-refractivity contribution in [3.63, 3.8) is 0 Å². The number of hydrogen-bond donors (Lipinski definition) is 2. The number of fused-ring (bicyclic) bond motifs is 2. The maximum Gasteiger partial charge on any atom is 0.251 e. The molecule has 27 heavy (non-hydrogen) atoms. The van der Waals surface area contributed by atoms with Gasteiger partial charge in [-0.25, -0.2) is 0 Å². The number of anilines is 1. The molecule has 2 aliphatic carbocycles. The van der Waals surface area contributed by atoms with E-state index in [2.05, 4.69) is 22.3 Å². The highest BCUT2D eigenvalue weighted by Gasteiger charge is 2.39. The topological polar surface area (TPSA) is 58.4 Å². The van der Waals surface area contributed by atoms with Gasteiger partial charge in [0.15, 0.2) is 0 Å². The third-order valence-corrected chi connectivity index (χ3v) is 6.53. The number of benzene rings is 1. The van der Waals surface area contributed by atoms with E-state index in [1.54, 1.807) is 0 Å². The van der Waals surface area contributed by atoms with Gasteiger partial charge in [0.1, 0.15) is 0 Å². The largest absolute Gasteiger partial charge is 0.372 e. The third kappa shape index (κ3) is 5.10. The minimum absolute atomic E-state index is 0. The molecule has 0 radical (unpaired) electrons. The van der Waals surface area contributed by atoms with Gasteiger partial charge in [-0.15, -0.1) is 24.8 Å². The smallest absolute Gasteiger partial charge is 0.251 e. The van der Waals surface area contributed by atoms with Crippen molar-refractivity contribution in [2.75, 3.05) is 18.0 Å². The summed E-state index contributed by atoms with van der Waals surface area (Å²) in [6.07, 6.45) is 9.73. The summed E-state index contributed by atoms with van der Waals surface area (Å²) < 4.78 is 0. The number of amides is 1. The number of nitrogens with zero attached hydrogens (tertiary/aromatic N) is 1. The second kappa shape index (κ2) is 9.99. The molecule has 1 saturated heterocycles. The Hall–Kier alpha value is -0.970. The molecule has 3 fully saturated rings. The summed E-state index contributed by atoms with van der Waals surface area (Å²) in [6, 6.07) is 8.85. The van der Waals surface area contributed by atoms with Crippen LogP contribution in [0, 0.1) is 11.8 Å². The van der Waals surface area contributed by atoms with Crippen molar-refractivity contribution >= 4 is 36.4 Å². The maximum absolute atomic E-state index is 12.8. The van der Waals surface area contributed by atoms with Gasteiger partial charge in [0.05, 0.1) is 0 Å². The molecule has 2 saturated carbocycles. The lowest BCUT2D eigenvalue weighted by Crippen LogP contribution is -2.53. The number of nitrogens with one attached hydrogen (secondary N) is 1. The van der Waals surface area contributed by atoms with Crippen molar-refractivity contribution in [1.82, 2.24) is 5.32 Å². The Labute approximate surface area is 175 Å². The molecule has 4 nitrogen and oxygen atoms in total. The number of carbonyl (C=O) groups excluding carboxylic acids is 1. The molecule has 152 valence electrons. The third-order valence-electron chi connectivity index (χ3n) is 6.53. The summed E-state index contributed by atoms with van der Waals surface area (Å²) in [5, 5.41) is 3.35. The summed E-state index contributed by atoms with van der Waals surface area (Å²) in [6.45, 7) is 2.27. The SMILES string of the molecule is Cl.Cl.NC1CC2CCCC(C1)C2NC(=O)c1ccc(N2CCCCC2)cc1. The summed E-state index contributed by atoms with van der Waals surface area (Å²) >= 11 is 0. The highest BCUT2D eigenvalue weighted by atomic mass is 35.5. The molecule has 0 spiro atoms. The Morgan fingerprint density at radius 2 is 1.52 bits per heavy atom. The predicted molar refractivity (Wildman–Crippen MR) is 116 cm³/mol. The molecule has 1 aliphatic heterocycles. The van der Waals surface area contributed by atoms with Crippen molar-refractivity contribution in [1.29, 1.82) is 0 Å². The minimum Gasteiger partial charge on any atom is -0.372 e. The zero-order valence-electron chi connectivity index (χ0n) is 15.9. The molecular weight excluding hydrogens is 381 g/mol. The van der Waals surface area contributed by atoms with E-state index in [9.17, 15) is 4.79 Å². The van der Waals surface area contributed by atoms with Crippen LogP contribution in [0.1, 0.15) is 61.7 Å². The summed E-state index contributed by atoms with van der Waals surface area (Å²) in [5.74, 6) is 1.22. The molecular formula is C21H33Cl2N3O. The van der Waals surface area contributed by atoms with Gasteiger partial charge in [0, 0.05) is 36.4 Å². The fraction of sp³-hybridized carbons (Fsp3) is 0.667. The minimum atomic E-state index is 0. The van der Waals surface area contributed by atoms with Gasteiger partial charge in [-0.1, -0.05) is 6.42 Å². The van der Waals surface area contributed by atoms with Crippen molar-refractivity contribution in [2.24, 2.45) is 17.6 Å². The molecule has 0 aromatic heterocycles. The average molecular weight is 414 g/mol. The summed E-state index contributed by atoms with van der Waals surface area (Å²) in [4.78, 5) is 15.2. The molecule has 2 bridgehead atoms. The average Bonchev–Trinajstić information content (AvgIpc) is 2.63. The number of halogens is 2. The van der Waals surface area contributed by atoms with E-state index in [-0.39, 0.29) is 30.7 Å². The van der Waals surface area contributed by atoms with Gasteiger partial charge >= 0.3 is 0 Å². The van der Waals surface area contributed by atoms with Crippen LogP contribution in [-0.4, -0.2) is 31.1 Å². The lowest BCUT2D eigenvalue weighted by molar-refractivity contribution is 0.0756. The second-order valence-electron chi connectivity index (χ2n) is 8.28. The van der Waals surface area contributed by atoms with Gasteiger partial charge < -0.3 is 16.0 Å². The van der Waals surface area contributed by atoms with Crippen LogP contribution in [0.2, 0.25) is 0 Å².